The SMILES string of the molecule is BrCCCC[Se+]1CCCC1.[Br-]. The van der Waals surface area contributed by atoms with Gasteiger partial charge in [-0.3, -0.25) is 0 Å². The molecule has 1 aliphatic heterocycles. The second kappa shape index (κ2) is 8.09. The Morgan fingerprint density at radius 2 is 1.73 bits per heavy atom. The van der Waals surface area contributed by atoms with E-state index in [9.17, 15) is 0 Å². The topological polar surface area (TPSA) is 0 Å². The van der Waals surface area contributed by atoms with Crippen molar-refractivity contribution in [3.05, 3.63) is 0 Å². The van der Waals surface area contributed by atoms with E-state index in [4.69, 9.17) is 0 Å². The second-order valence-electron chi connectivity index (χ2n) is 2.83. The van der Waals surface area contributed by atoms with E-state index in [2.05, 4.69) is 15.9 Å². The van der Waals surface area contributed by atoms with Gasteiger partial charge in [-0.1, -0.05) is 0 Å². The van der Waals surface area contributed by atoms with Gasteiger partial charge < -0.3 is 17.0 Å². The van der Waals surface area contributed by atoms with Gasteiger partial charge in [-0.25, -0.2) is 0 Å². The first-order chi connectivity index (χ1) is 4.93. The molecule has 0 nitrogen and oxygen atoms in total. The number of unbranched alkanes of at least 4 members (excludes halogenated alkanes) is 1. The fourth-order valence-corrected chi connectivity index (χ4v) is 6.85. The summed E-state index contributed by atoms with van der Waals surface area (Å²) in [6, 6.07) is 0. The molecule has 0 saturated carbocycles. The van der Waals surface area contributed by atoms with Crippen molar-refractivity contribution >= 4 is 29.8 Å². The van der Waals surface area contributed by atoms with Gasteiger partial charge in [-0.15, -0.1) is 0 Å². The van der Waals surface area contributed by atoms with Crippen LogP contribution in [0.2, 0.25) is 16.0 Å². The average molecular weight is 351 g/mol. The fourth-order valence-electron chi connectivity index (χ4n) is 1.32. The van der Waals surface area contributed by atoms with Crippen molar-refractivity contribution in [2.24, 2.45) is 0 Å². The molecule has 11 heavy (non-hydrogen) atoms. The predicted molar refractivity (Wildman–Crippen MR) is 52.4 cm³/mol. The van der Waals surface area contributed by atoms with Crippen LogP contribution in [0.25, 0.3) is 0 Å². The molecule has 1 heterocycles. The molecule has 3 heteroatoms. The summed E-state index contributed by atoms with van der Waals surface area (Å²) in [6.45, 7) is 0. The summed E-state index contributed by atoms with van der Waals surface area (Å²) in [5.41, 5.74) is 0. The fraction of sp³-hybridized carbons (Fsp3) is 1.00. The van der Waals surface area contributed by atoms with E-state index in [0.29, 0.717) is 0 Å². The molecule has 0 aromatic carbocycles. The Morgan fingerprint density at radius 3 is 2.27 bits per heavy atom. The van der Waals surface area contributed by atoms with E-state index in [1.165, 1.54) is 18.2 Å². The Kier molecular flexibility index (Phi) is 9.18. The third-order valence-electron chi connectivity index (χ3n) is 1.93. The summed E-state index contributed by atoms with van der Waals surface area (Å²) in [5, 5.41) is 6.11. The van der Waals surface area contributed by atoms with Crippen LogP contribution in [0.15, 0.2) is 0 Å². The third-order valence-corrected chi connectivity index (χ3v) is 7.94. The first-order valence-corrected chi connectivity index (χ1v) is 8.89. The minimum Gasteiger partial charge on any atom is -1.00 e. The van der Waals surface area contributed by atoms with Crippen molar-refractivity contribution in [1.29, 1.82) is 0 Å². The zero-order valence-electron chi connectivity index (χ0n) is 6.82. The van der Waals surface area contributed by atoms with E-state index >= 15 is 0 Å². The Bertz CT molecular complexity index is 82.2. The molecule has 0 amide bonds. The summed E-state index contributed by atoms with van der Waals surface area (Å²) < 4.78 is 0. The first-order valence-electron chi connectivity index (χ1n) is 4.13. The van der Waals surface area contributed by atoms with E-state index in [1.807, 2.05) is 0 Å². The molecule has 1 saturated heterocycles. The van der Waals surface area contributed by atoms with E-state index in [0.717, 1.165) is 0 Å². The Hall–Kier alpha value is 1.48. The van der Waals surface area contributed by atoms with Gasteiger partial charge in [0.25, 0.3) is 0 Å². The van der Waals surface area contributed by atoms with Crippen LogP contribution in [0.4, 0.5) is 0 Å². The molecule has 0 atom stereocenters. The van der Waals surface area contributed by atoms with Crippen LogP contribution < -0.4 is 17.0 Å². The monoisotopic (exact) mass is 350 g/mol. The van der Waals surface area contributed by atoms with E-state index in [1.54, 1.807) is 28.8 Å². The Morgan fingerprint density at radius 1 is 1.09 bits per heavy atom. The number of alkyl halides is 1. The smallest absolute Gasteiger partial charge is 1.00 e. The standard InChI is InChI=1S/C8H16BrSe.BrH/c9-5-1-2-6-10-7-3-4-8-10;/h1-8H2;1H/q+1;/p-1. The van der Waals surface area contributed by atoms with Crippen LogP contribution >= 0.6 is 15.9 Å². The number of hydrogen-bond donors (Lipinski definition) is 0. The maximum atomic E-state index is 3.47. The molecule has 0 N–H and O–H groups in total. The van der Waals surface area contributed by atoms with Gasteiger partial charge >= 0.3 is 76.8 Å². The number of halogens is 2. The molecule has 0 spiro atoms. The summed E-state index contributed by atoms with van der Waals surface area (Å²) in [5.74, 6) is 0. The van der Waals surface area contributed by atoms with Crippen LogP contribution in [0.1, 0.15) is 25.7 Å². The summed E-state index contributed by atoms with van der Waals surface area (Å²) in [4.78, 5) is 0. The van der Waals surface area contributed by atoms with Gasteiger partial charge in [0.15, 0.2) is 0 Å². The average Bonchev–Trinajstić information content (AvgIpc) is 2.41. The second-order valence-corrected chi connectivity index (χ2v) is 8.76. The molecule has 1 rings (SSSR count). The van der Waals surface area contributed by atoms with Gasteiger partial charge in [-0.05, 0) is 0 Å². The molecule has 1 fully saturated rings. The molecule has 0 aliphatic carbocycles. The summed E-state index contributed by atoms with van der Waals surface area (Å²) in [6.07, 6.45) is 6.01. The molecule has 0 aromatic rings. The maximum Gasteiger partial charge on any atom is -1.00 e. The molecule has 68 valence electrons. The van der Waals surface area contributed by atoms with Crippen LogP contribution in [0, 0.1) is 0 Å². The van der Waals surface area contributed by atoms with Crippen molar-refractivity contribution in [2.75, 3.05) is 5.33 Å². The zero-order chi connectivity index (χ0) is 7.23. The molecule has 0 radical (unpaired) electrons. The summed E-state index contributed by atoms with van der Waals surface area (Å²) in [7, 11) is 0. The number of rotatable bonds is 4. The van der Waals surface area contributed by atoms with Gasteiger partial charge in [-0.2, -0.15) is 0 Å². The van der Waals surface area contributed by atoms with E-state index < -0.39 is 0 Å². The van der Waals surface area contributed by atoms with Crippen LogP contribution in [-0.4, -0.2) is 19.2 Å². The first kappa shape index (κ1) is 12.5. The van der Waals surface area contributed by atoms with Gasteiger partial charge in [0.2, 0.25) is 0 Å². The largest absolute Gasteiger partial charge is 1.00 e. The molecule has 1 aliphatic rings. The van der Waals surface area contributed by atoms with Crippen molar-refractivity contribution in [1.82, 2.24) is 0 Å². The predicted octanol–water partition coefficient (Wildman–Crippen LogP) is 0.454. The summed E-state index contributed by atoms with van der Waals surface area (Å²) >= 11 is 3.46. The molecule has 0 bridgehead atoms. The van der Waals surface area contributed by atoms with Crippen molar-refractivity contribution in [3.8, 4) is 0 Å². The van der Waals surface area contributed by atoms with Crippen molar-refractivity contribution in [3.63, 3.8) is 0 Å². The molecular weight excluding hydrogens is 335 g/mol. The Labute approximate surface area is 93.3 Å². The van der Waals surface area contributed by atoms with Crippen molar-refractivity contribution in [2.45, 2.75) is 41.6 Å². The normalized spacial score (nSPS) is 18.3. The number of hydrogen-bond acceptors (Lipinski definition) is 0. The van der Waals surface area contributed by atoms with E-state index in [-0.39, 0.29) is 30.9 Å². The van der Waals surface area contributed by atoms with Crippen LogP contribution in [-0.2, 0) is 0 Å². The minimum atomic E-state index is -0.0105. The Balaban J connectivity index is 0.000001000. The van der Waals surface area contributed by atoms with Crippen LogP contribution in [0.3, 0.4) is 0 Å². The van der Waals surface area contributed by atoms with Crippen molar-refractivity contribution < 1.29 is 17.0 Å². The minimum absolute atomic E-state index is 0. The molecular formula is C8H16Br2Se. The molecule has 0 aromatic heterocycles. The third kappa shape index (κ3) is 5.68. The zero-order valence-corrected chi connectivity index (χ0v) is 11.7. The maximum absolute atomic E-state index is 3.47. The van der Waals surface area contributed by atoms with Gasteiger partial charge in [0.05, 0.1) is 0 Å². The van der Waals surface area contributed by atoms with Gasteiger partial charge in [0, 0.05) is 0 Å². The van der Waals surface area contributed by atoms with Gasteiger partial charge in [0.1, 0.15) is 0 Å². The quantitative estimate of drug-likeness (QED) is 0.392. The molecule has 0 unspecified atom stereocenters. The van der Waals surface area contributed by atoms with Crippen LogP contribution in [0.5, 0.6) is 0 Å².